The maximum Gasteiger partial charge on any atom is 0.252 e. The molecule has 0 aliphatic carbocycles. The Hall–Kier alpha value is -2.82. The topological polar surface area (TPSA) is 87.7 Å². The lowest BCUT2D eigenvalue weighted by atomic mass is 10.1. The van der Waals surface area contributed by atoms with E-state index in [0.717, 1.165) is 35.6 Å². The van der Waals surface area contributed by atoms with Gasteiger partial charge < -0.3 is 0 Å². The molecule has 11 heteroatoms. The van der Waals surface area contributed by atoms with Crippen molar-refractivity contribution >= 4 is 72.3 Å². The number of anilines is 1. The first-order valence-electron chi connectivity index (χ1n) is 12.1. The number of amides is 2. The molecule has 0 spiro atoms. The summed E-state index contributed by atoms with van der Waals surface area (Å²) in [6, 6.07) is 15.9. The number of fused-ring (bicyclic) bond motifs is 1. The predicted octanol–water partition coefficient (Wildman–Crippen LogP) is 6.70. The second-order valence-corrected chi connectivity index (χ2v) is 14.0. The molecular weight excluding hydrogens is 577 g/mol. The third-order valence-electron chi connectivity index (χ3n) is 6.41. The van der Waals surface area contributed by atoms with Crippen molar-refractivity contribution in [1.29, 1.82) is 0 Å². The molecule has 1 aliphatic rings. The number of carbonyl (C=O) groups excluding carboxylic acids is 2. The molecule has 7 nitrogen and oxygen atoms in total. The summed E-state index contributed by atoms with van der Waals surface area (Å²) in [6.07, 6.45) is -0.299. The Kier molecular flexibility index (Phi) is 7.10. The molecule has 2 amide bonds. The number of rotatable bonds is 5. The zero-order valence-electron chi connectivity index (χ0n) is 21.6. The van der Waals surface area contributed by atoms with Crippen LogP contribution in [-0.2, 0) is 19.6 Å². The van der Waals surface area contributed by atoms with Crippen LogP contribution in [0.4, 0.5) is 5.69 Å². The molecule has 5 rings (SSSR count). The standard InChI is InChI=1S/C28H25Cl2N3O4S2/c1-16-5-12-21-23(13-16)38-26(31-21)17-6-9-19(10-7-17)32-25(34)15-22(27(32)35)33(28(2,3)4)39(36,37)24-14-18(29)8-11-20(24)30/h5-14,22H,15H2,1-4H3. The lowest BCUT2D eigenvalue weighted by Gasteiger charge is -2.37. The van der Waals surface area contributed by atoms with Crippen LogP contribution < -0.4 is 4.90 Å². The number of halogens is 2. The van der Waals surface area contributed by atoms with Gasteiger partial charge in [-0.15, -0.1) is 11.3 Å². The highest BCUT2D eigenvalue weighted by molar-refractivity contribution is 7.89. The van der Waals surface area contributed by atoms with Gasteiger partial charge in [0.25, 0.3) is 5.91 Å². The van der Waals surface area contributed by atoms with Crippen LogP contribution in [0.2, 0.25) is 10.0 Å². The zero-order valence-corrected chi connectivity index (χ0v) is 24.7. The Morgan fingerprint density at radius 1 is 1.00 bits per heavy atom. The van der Waals surface area contributed by atoms with Crippen LogP contribution >= 0.6 is 34.5 Å². The minimum atomic E-state index is -4.31. The zero-order chi connectivity index (χ0) is 28.3. The first kappa shape index (κ1) is 27.7. The van der Waals surface area contributed by atoms with Crippen molar-refractivity contribution in [3.8, 4) is 10.6 Å². The molecule has 1 fully saturated rings. The van der Waals surface area contributed by atoms with Crippen molar-refractivity contribution in [3.05, 3.63) is 76.3 Å². The predicted molar refractivity (Wildman–Crippen MR) is 156 cm³/mol. The molecule has 0 N–H and O–H groups in total. The minimum Gasteiger partial charge on any atom is -0.274 e. The third-order valence-corrected chi connectivity index (χ3v) is 10.4. The number of sulfonamides is 1. The number of nitrogens with zero attached hydrogens (tertiary/aromatic N) is 3. The molecule has 39 heavy (non-hydrogen) atoms. The largest absolute Gasteiger partial charge is 0.274 e. The fourth-order valence-electron chi connectivity index (χ4n) is 4.76. The average Bonchev–Trinajstić information content (AvgIpc) is 3.39. The van der Waals surface area contributed by atoms with Gasteiger partial charge in [-0.05, 0) is 87.9 Å². The van der Waals surface area contributed by atoms with E-state index in [1.807, 2.05) is 19.1 Å². The Balaban J connectivity index is 1.47. The van der Waals surface area contributed by atoms with E-state index < -0.39 is 33.4 Å². The number of aryl methyl sites for hydroxylation is 1. The number of aromatic nitrogens is 1. The van der Waals surface area contributed by atoms with Crippen LogP contribution in [0.5, 0.6) is 0 Å². The van der Waals surface area contributed by atoms with E-state index in [9.17, 15) is 18.0 Å². The highest BCUT2D eigenvalue weighted by Gasteiger charge is 2.51. The van der Waals surface area contributed by atoms with E-state index in [1.54, 1.807) is 56.4 Å². The molecular formula is C28H25Cl2N3O4S2. The van der Waals surface area contributed by atoms with Crippen molar-refractivity contribution in [2.45, 2.75) is 50.6 Å². The van der Waals surface area contributed by atoms with Gasteiger partial charge in [0.2, 0.25) is 15.9 Å². The second-order valence-electron chi connectivity index (χ2n) is 10.4. The first-order chi connectivity index (χ1) is 18.3. The maximum absolute atomic E-state index is 13.8. The fourth-order valence-corrected chi connectivity index (χ4v) is 8.49. The summed E-state index contributed by atoms with van der Waals surface area (Å²) < 4.78 is 29.8. The van der Waals surface area contributed by atoms with Crippen molar-refractivity contribution in [2.75, 3.05) is 4.90 Å². The van der Waals surface area contributed by atoms with Crippen LogP contribution in [0.25, 0.3) is 20.8 Å². The number of imide groups is 1. The van der Waals surface area contributed by atoms with Crippen LogP contribution in [0.15, 0.2) is 65.6 Å². The summed E-state index contributed by atoms with van der Waals surface area (Å²) in [7, 11) is -4.31. The van der Waals surface area contributed by atoms with Gasteiger partial charge in [-0.25, -0.2) is 18.3 Å². The molecule has 1 unspecified atom stereocenters. The fraction of sp³-hybridized carbons (Fsp3) is 0.250. The number of hydrogen-bond acceptors (Lipinski definition) is 6. The van der Waals surface area contributed by atoms with E-state index in [2.05, 4.69) is 6.07 Å². The Morgan fingerprint density at radius 2 is 1.69 bits per heavy atom. The number of hydrogen-bond donors (Lipinski definition) is 0. The lowest BCUT2D eigenvalue weighted by Crippen LogP contribution is -2.54. The molecule has 4 aromatic rings. The van der Waals surface area contributed by atoms with E-state index in [4.69, 9.17) is 28.2 Å². The monoisotopic (exact) mass is 601 g/mol. The van der Waals surface area contributed by atoms with Crippen LogP contribution in [-0.4, -0.2) is 41.1 Å². The molecule has 3 aromatic carbocycles. The van der Waals surface area contributed by atoms with Crippen molar-refractivity contribution < 1.29 is 18.0 Å². The molecule has 0 bridgehead atoms. The minimum absolute atomic E-state index is 0.0251. The number of benzene rings is 3. The van der Waals surface area contributed by atoms with Crippen molar-refractivity contribution in [1.82, 2.24) is 9.29 Å². The highest BCUT2D eigenvalue weighted by atomic mass is 35.5. The Bertz CT molecular complexity index is 1730. The van der Waals surface area contributed by atoms with Crippen LogP contribution in [0.3, 0.4) is 0 Å². The van der Waals surface area contributed by atoms with Gasteiger partial charge in [-0.2, -0.15) is 4.31 Å². The van der Waals surface area contributed by atoms with Gasteiger partial charge in [0.05, 0.1) is 27.3 Å². The molecule has 2 heterocycles. The second kappa shape index (κ2) is 9.98. The van der Waals surface area contributed by atoms with E-state index >= 15 is 0 Å². The Morgan fingerprint density at radius 3 is 2.36 bits per heavy atom. The quantitative estimate of drug-likeness (QED) is 0.237. The summed E-state index contributed by atoms with van der Waals surface area (Å²) in [6.45, 7) is 7.02. The smallest absolute Gasteiger partial charge is 0.252 e. The maximum atomic E-state index is 13.8. The summed E-state index contributed by atoms with van der Waals surface area (Å²) in [4.78, 5) is 32.3. The van der Waals surface area contributed by atoms with Gasteiger partial charge in [-0.3, -0.25) is 9.59 Å². The SMILES string of the molecule is Cc1ccc2nc(-c3ccc(N4C(=O)CC(N(C(C)(C)C)S(=O)(=O)c5cc(Cl)ccc5Cl)C4=O)cc3)sc2c1. The molecule has 1 atom stereocenters. The molecule has 0 radical (unpaired) electrons. The van der Waals surface area contributed by atoms with Crippen molar-refractivity contribution in [2.24, 2.45) is 0 Å². The molecule has 1 aromatic heterocycles. The van der Waals surface area contributed by atoms with Gasteiger partial charge in [0.15, 0.2) is 0 Å². The molecule has 1 aliphatic heterocycles. The average molecular weight is 603 g/mol. The molecule has 0 saturated carbocycles. The summed E-state index contributed by atoms with van der Waals surface area (Å²) >= 11 is 13.9. The highest BCUT2D eigenvalue weighted by Crippen LogP contribution is 2.38. The van der Waals surface area contributed by atoms with Gasteiger partial charge in [0.1, 0.15) is 15.9 Å². The van der Waals surface area contributed by atoms with E-state index in [0.29, 0.717) is 5.69 Å². The summed E-state index contributed by atoms with van der Waals surface area (Å²) in [5, 5.41) is 0.982. The van der Waals surface area contributed by atoms with Crippen LogP contribution in [0.1, 0.15) is 32.8 Å². The van der Waals surface area contributed by atoms with Gasteiger partial charge >= 0.3 is 0 Å². The first-order valence-corrected chi connectivity index (χ1v) is 15.1. The molecule has 202 valence electrons. The lowest BCUT2D eigenvalue weighted by molar-refractivity contribution is -0.122. The normalized spacial score (nSPS) is 16.6. The van der Waals surface area contributed by atoms with Gasteiger partial charge in [0, 0.05) is 16.1 Å². The van der Waals surface area contributed by atoms with E-state index in [-0.39, 0.29) is 21.4 Å². The number of carbonyl (C=O) groups is 2. The van der Waals surface area contributed by atoms with Gasteiger partial charge in [-0.1, -0.05) is 29.3 Å². The number of thiazole rings is 1. The third kappa shape index (κ3) is 5.10. The molecule has 1 saturated heterocycles. The summed E-state index contributed by atoms with van der Waals surface area (Å²) in [5.74, 6) is -1.12. The van der Waals surface area contributed by atoms with Crippen molar-refractivity contribution in [3.63, 3.8) is 0 Å². The summed E-state index contributed by atoms with van der Waals surface area (Å²) in [5.41, 5.74) is 2.22. The van der Waals surface area contributed by atoms with E-state index in [1.165, 1.54) is 18.2 Å². The van der Waals surface area contributed by atoms with Crippen LogP contribution in [0, 0.1) is 6.92 Å². The Labute approximate surface area is 241 Å².